The van der Waals surface area contributed by atoms with E-state index >= 15 is 0 Å². The summed E-state index contributed by atoms with van der Waals surface area (Å²) in [7, 11) is 0. The van der Waals surface area contributed by atoms with Gasteiger partial charge in [-0.1, -0.05) is 50.2 Å². The molecule has 2 aromatic carbocycles. The van der Waals surface area contributed by atoms with E-state index < -0.39 is 0 Å². The smallest absolute Gasteiger partial charge is 0.149 e. The SMILES string of the molecule is CC(C)Sc1ncnc2c1c(-c1ccccc1)cn2-c1cccc(F)c1. The van der Waals surface area contributed by atoms with E-state index in [4.69, 9.17) is 0 Å². The third-order valence-electron chi connectivity index (χ3n) is 4.07. The highest BCUT2D eigenvalue weighted by atomic mass is 32.2. The molecule has 5 heteroatoms. The molecule has 0 N–H and O–H groups in total. The molecule has 0 unspecified atom stereocenters. The fourth-order valence-corrected chi connectivity index (χ4v) is 3.88. The molecule has 4 rings (SSSR count). The first-order chi connectivity index (χ1) is 12.6. The Morgan fingerprint density at radius 1 is 1.00 bits per heavy atom. The van der Waals surface area contributed by atoms with Crippen LogP contribution in [0.4, 0.5) is 4.39 Å². The molecule has 2 heterocycles. The average Bonchev–Trinajstić information content (AvgIpc) is 3.03. The van der Waals surface area contributed by atoms with Crippen molar-refractivity contribution in [3.8, 4) is 16.8 Å². The zero-order valence-electron chi connectivity index (χ0n) is 14.6. The monoisotopic (exact) mass is 363 g/mol. The Morgan fingerprint density at radius 3 is 2.54 bits per heavy atom. The lowest BCUT2D eigenvalue weighted by molar-refractivity contribution is 0.627. The largest absolute Gasteiger partial charge is 0.300 e. The van der Waals surface area contributed by atoms with E-state index in [2.05, 4.69) is 35.9 Å². The number of benzene rings is 2. The normalized spacial score (nSPS) is 11.4. The molecule has 26 heavy (non-hydrogen) atoms. The molecule has 0 aliphatic rings. The van der Waals surface area contributed by atoms with Crippen molar-refractivity contribution in [1.29, 1.82) is 0 Å². The quantitative estimate of drug-likeness (QED) is 0.343. The van der Waals surface area contributed by atoms with Gasteiger partial charge in [-0.05, 0) is 23.8 Å². The molecule has 0 saturated carbocycles. The van der Waals surface area contributed by atoms with Gasteiger partial charge >= 0.3 is 0 Å². The summed E-state index contributed by atoms with van der Waals surface area (Å²) in [6, 6.07) is 16.7. The van der Waals surface area contributed by atoms with E-state index in [-0.39, 0.29) is 5.82 Å². The van der Waals surface area contributed by atoms with Crippen LogP contribution >= 0.6 is 11.8 Å². The lowest BCUT2D eigenvalue weighted by Crippen LogP contribution is -1.96. The molecule has 2 aromatic heterocycles. The standard InChI is InChI=1S/C21H18FN3S/c1-14(2)26-21-19-18(15-7-4-3-5-8-15)12-25(20(19)23-13-24-21)17-10-6-9-16(22)11-17/h3-14H,1-2H3. The molecule has 4 aromatic rings. The minimum atomic E-state index is -0.267. The highest BCUT2D eigenvalue weighted by Gasteiger charge is 2.18. The summed E-state index contributed by atoms with van der Waals surface area (Å²) in [6.45, 7) is 4.29. The van der Waals surface area contributed by atoms with Crippen molar-refractivity contribution in [3.63, 3.8) is 0 Å². The Morgan fingerprint density at radius 2 is 1.81 bits per heavy atom. The summed E-state index contributed by atoms with van der Waals surface area (Å²) in [5.74, 6) is -0.267. The Bertz CT molecular complexity index is 1060. The zero-order valence-corrected chi connectivity index (χ0v) is 15.4. The van der Waals surface area contributed by atoms with Crippen molar-refractivity contribution in [2.45, 2.75) is 24.1 Å². The molecule has 0 spiro atoms. The van der Waals surface area contributed by atoms with Crippen LogP contribution in [0.2, 0.25) is 0 Å². The molecule has 0 atom stereocenters. The lowest BCUT2D eigenvalue weighted by atomic mass is 10.1. The van der Waals surface area contributed by atoms with E-state index in [1.165, 1.54) is 12.1 Å². The van der Waals surface area contributed by atoms with Gasteiger partial charge in [0.1, 0.15) is 22.8 Å². The summed E-state index contributed by atoms with van der Waals surface area (Å²) < 4.78 is 15.7. The van der Waals surface area contributed by atoms with Crippen molar-refractivity contribution in [1.82, 2.24) is 14.5 Å². The summed E-state index contributed by atoms with van der Waals surface area (Å²) in [4.78, 5) is 9.04. The molecule has 130 valence electrons. The number of rotatable bonds is 4. The fourth-order valence-electron chi connectivity index (χ4n) is 3.01. The van der Waals surface area contributed by atoms with Crippen molar-refractivity contribution >= 4 is 22.8 Å². The third kappa shape index (κ3) is 3.10. The second kappa shape index (κ2) is 6.92. The van der Waals surface area contributed by atoms with Gasteiger partial charge in [0.25, 0.3) is 0 Å². The molecule has 0 bridgehead atoms. The molecule has 0 fully saturated rings. The fraction of sp³-hybridized carbons (Fsp3) is 0.143. The second-order valence-electron chi connectivity index (χ2n) is 6.30. The number of hydrogen-bond acceptors (Lipinski definition) is 3. The number of nitrogens with zero attached hydrogens (tertiary/aromatic N) is 3. The first-order valence-electron chi connectivity index (χ1n) is 8.47. The molecule has 3 nitrogen and oxygen atoms in total. The summed E-state index contributed by atoms with van der Waals surface area (Å²) in [6.07, 6.45) is 3.60. The van der Waals surface area contributed by atoms with Gasteiger partial charge in [-0.3, -0.25) is 0 Å². The van der Waals surface area contributed by atoms with Crippen LogP contribution in [0.25, 0.3) is 27.8 Å². The van der Waals surface area contributed by atoms with Gasteiger partial charge in [-0.2, -0.15) is 0 Å². The molecule has 0 aliphatic heterocycles. The van der Waals surface area contributed by atoms with Crippen LogP contribution in [0.15, 0.2) is 72.1 Å². The van der Waals surface area contributed by atoms with Crippen LogP contribution in [0.3, 0.4) is 0 Å². The van der Waals surface area contributed by atoms with E-state index in [1.54, 1.807) is 24.2 Å². The number of halogens is 1. The van der Waals surface area contributed by atoms with Crippen molar-refractivity contribution in [2.75, 3.05) is 0 Å². The average molecular weight is 363 g/mol. The summed E-state index contributed by atoms with van der Waals surface area (Å²) in [5.41, 5.74) is 3.67. The maximum atomic E-state index is 13.8. The van der Waals surface area contributed by atoms with Crippen LogP contribution in [0.5, 0.6) is 0 Å². The molecule has 0 radical (unpaired) electrons. The minimum Gasteiger partial charge on any atom is -0.300 e. The van der Waals surface area contributed by atoms with Crippen molar-refractivity contribution < 1.29 is 4.39 Å². The topological polar surface area (TPSA) is 30.7 Å². The Hall–Kier alpha value is -2.66. The molecule has 0 saturated heterocycles. The number of aromatic nitrogens is 3. The van der Waals surface area contributed by atoms with Crippen molar-refractivity contribution in [3.05, 3.63) is 72.9 Å². The Balaban J connectivity index is 2.03. The lowest BCUT2D eigenvalue weighted by Gasteiger charge is -2.08. The van der Waals surface area contributed by atoms with Gasteiger partial charge in [-0.25, -0.2) is 14.4 Å². The first-order valence-corrected chi connectivity index (χ1v) is 9.35. The molecule has 0 amide bonds. The summed E-state index contributed by atoms with van der Waals surface area (Å²) >= 11 is 1.71. The highest BCUT2D eigenvalue weighted by molar-refractivity contribution is 8.00. The maximum Gasteiger partial charge on any atom is 0.149 e. The summed E-state index contributed by atoms with van der Waals surface area (Å²) in [5, 5.41) is 2.34. The Kier molecular flexibility index (Phi) is 4.47. The Labute approximate surface area is 155 Å². The van der Waals surface area contributed by atoms with Crippen LogP contribution < -0.4 is 0 Å². The van der Waals surface area contributed by atoms with Gasteiger partial charge in [0.2, 0.25) is 0 Å². The van der Waals surface area contributed by atoms with Gasteiger partial charge < -0.3 is 4.57 Å². The molecule has 0 aliphatic carbocycles. The third-order valence-corrected chi connectivity index (χ3v) is 5.07. The van der Waals surface area contributed by atoms with E-state index in [1.807, 2.05) is 35.0 Å². The number of thioether (sulfide) groups is 1. The predicted molar refractivity (Wildman–Crippen MR) is 105 cm³/mol. The van der Waals surface area contributed by atoms with E-state index in [0.29, 0.717) is 5.25 Å². The van der Waals surface area contributed by atoms with Crippen molar-refractivity contribution in [2.24, 2.45) is 0 Å². The van der Waals surface area contributed by atoms with Gasteiger partial charge in [0.15, 0.2) is 0 Å². The van der Waals surface area contributed by atoms with Gasteiger partial charge in [-0.15, -0.1) is 11.8 Å². The van der Waals surface area contributed by atoms with Crippen LogP contribution in [0, 0.1) is 5.82 Å². The van der Waals surface area contributed by atoms with Crippen LogP contribution in [0.1, 0.15) is 13.8 Å². The van der Waals surface area contributed by atoms with Crippen LogP contribution in [-0.2, 0) is 0 Å². The van der Waals surface area contributed by atoms with E-state index in [9.17, 15) is 4.39 Å². The predicted octanol–water partition coefficient (Wildman–Crippen LogP) is 5.73. The minimum absolute atomic E-state index is 0.267. The zero-order chi connectivity index (χ0) is 18.1. The maximum absolute atomic E-state index is 13.8. The second-order valence-corrected chi connectivity index (χ2v) is 7.87. The van der Waals surface area contributed by atoms with E-state index in [0.717, 1.165) is 32.9 Å². The first kappa shape index (κ1) is 16.8. The van der Waals surface area contributed by atoms with Crippen LogP contribution in [-0.4, -0.2) is 19.8 Å². The highest BCUT2D eigenvalue weighted by Crippen LogP contribution is 2.37. The molecular formula is C21H18FN3S. The molecular weight excluding hydrogens is 345 g/mol. The number of hydrogen-bond donors (Lipinski definition) is 0. The van der Waals surface area contributed by atoms with Gasteiger partial charge in [0, 0.05) is 22.7 Å². The van der Waals surface area contributed by atoms with Gasteiger partial charge in [0.05, 0.1) is 5.39 Å². The number of fused-ring (bicyclic) bond motifs is 1.